The molecule has 2 heterocycles. The van der Waals surface area contributed by atoms with Crippen molar-refractivity contribution in [3.05, 3.63) is 47.9 Å². The van der Waals surface area contributed by atoms with Gasteiger partial charge < -0.3 is 0 Å². The van der Waals surface area contributed by atoms with Gasteiger partial charge in [-0.2, -0.15) is 0 Å². The van der Waals surface area contributed by atoms with Gasteiger partial charge in [-0.05, 0) is 18.2 Å². The quantitative estimate of drug-likeness (QED) is 0.627. The van der Waals surface area contributed by atoms with Crippen LogP contribution in [0.1, 0.15) is 11.3 Å². The van der Waals surface area contributed by atoms with Gasteiger partial charge in [-0.25, -0.2) is 0 Å². The maximum absolute atomic E-state index is 5.36. The lowest BCUT2D eigenvalue weighted by Gasteiger charge is -2.17. The smallest absolute Gasteiger partial charge is 0.0803 e. The zero-order valence-corrected chi connectivity index (χ0v) is 8.79. The molecule has 0 bridgehead atoms. The van der Waals surface area contributed by atoms with Crippen LogP contribution in [0.25, 0.3) is 11.3 Å². The van der Waals surface area contributed by atoms with Crippen LogP contribution < -0.4 is 0 Å². The average Bonchev–Trinajstić information content (AvgIpc) is 2.30. The molecule has 0 aromatic carbocycles. The molecule has 0 unspecified atom stereocenters. The van der Waals surface area contributed by atoms with E-state index in [-0.39, 0.29) is 0 Å². The number of fused-ring (bicyclic) bond motifs is 3. The van der Waals surface area contributed by atoms with Gasteiger partial charge in [0, 0.05) is 34.8 Å². The highest BCUT2D eigenvalue weighted by Crippen LogP contribution is 2.30. The molecular formula is C12H8N2S. The molecule has 1 aliphatic carbocycles. The van der Waals surface area contributed by atoms with Crippen molar-refractivity contribution in [2.45, 2.75) is 6.42 Å². The van der Waals surface area contributed by atoms with Gasteiger partial charge in [-0.15, -0.1) is 0 Å². The largest absolute Gasteiger partial charge is 0.260 e. The van der Waals surface area contributed by atoms with Gasteiger partial charge >= 0.3 is 0 Å². The average molecular weight is 212 g/mol. The predicted molar refractivity (Wildman–Crippen MR) is 62.9 cm³/mol. The molecular weight excluding hydrogens is 204 g/mol. The van der Waals surface area contributed by atoms with E-state index in [0.29, 0.717) is 0 Å². The fourth-order valence-electron chi connectivity index (χ4n) is 1.89. The zero-order valence-electron chi connectivity index (χ0n) is 7.97. The van der Waals surface area contributed by atoms with Gasteiger partial charge in [0.05, 0.1) is 11.4 Å². The molecule has 0 aliphatic heterocycles. The van der Waals surface area contributed by atoms with Crippen molar-refractivity contribution in [1.82, 2.24) is 9.97 Å². The topological polar surface area (TPSA) is 25.8 Å². The third kappa shape index (κ3) is 1.27. The van der Waals surface area contributed by atoms with E-state index in [1.807, 2.05) is 18.2 Å². The van der Waals surface area contributed by atoms with E-state index in [1.54, 1.807) is 12.4 Å². The Morgan fingerprint density at radius 2 is 1.73 bits per heavy atom. The summed E-state index contributed by atoms with van der Waals surface area (Å²) in [5, 5.41) is 0. The Morgan fingerprint density at radius 3 is 2.60 bits per heavy atom. The Balaban J connectivity index is 2.34. The summed E-state index contributed by atoms with van der Waals surface area (Å²) in [6, 6.07) is 7.94. The molecule has 0 amide bonds. The Bertz CT molecular complexity index is 549. The second-order valence-electron chi connectivity index (χ2n) is 3.50. The van der Waals surface area contributed by atoms with E-state index in [1.165, 1.54) is 0 Å². The highest BCUT2D eigenvalue weighted by Gasteiger charge is 2.20. The number of rotatable bonds is 0. The summed E-state index contributed by atoms with van der Waals surface area (Å²) in [5.41, 5.74) is 4.19. The van der Waals surface area contributed by atoms with Gasteiger partial charge in [-0.1, -0.05) is 18.3 Å². The third-order valence-corrected chi connectivity index (χ3v) is 2.95. The van der Waals surface area contributed by atoms with Gasteiger partial charge in [0.1, 0.15) is 0 Å². The third-order valence-electron chi connectivity index (χ3n) is 2.58. The first-order chi connectivity index (χ1) is 7.36. The van der Waals surface area contributed by atoms with Crippen molar-refractivity contribution in [1.29, 1.82) is 0 Å². The van der Waals surface area contributed by atoms with E-state index in [9.17, 15) is 0 Å². The summed E-state index contributed by atoms with van der Waals surface area (Å²) < 4.78 is 0. The first-order valence-electron chi connectivity index (χ1n) is 4.79. The first-order valence-corrected chi connectivity index (χ1v) is 5.19. The van der Waals surface area contributed by atoms with Crippen molar-refractivity contribution in [2.75, 3.05) is 0 Å². The number of aromatic nitrogens is 2. The molecule has 72 valence electrons. The summed E-state index contributed by atoms with van der Waals surface area (Å²) in [5.74, 6) is 0. The summed E-state index contributed by atoms with van der Waals surface area (Å²) in [4.78, 5) is 9.66. The molecule has 1 aliphatic rings. The van der Waals surface area contributed by atoms with Gasteiger partial charge in [0.2, 0.25) is 0 Å². The molecule has 0 N–H and O–H groups in total. The molecule has 0 radical (unpaired) electrons. The standard InChI is InChI=1S/C12H8N2S/c15-11-7-10-8(3-1-5-13-10)12-9(11)4-2-6-14-12/h1-6H,7H2. The zero-order chi connectivity index (χ0) is 10.3. The SMILES string of the molecule is S=C1Cc2ncccc2-c2ncccc21. The van der Waals surface area contributed by atoms with Crippen LogP contribution in [0.3, 0.4) is 0 Å². The van der Waals surface area contributed by atoms with Crippen LogP contribution in [0.4, 0.5) is 0 Å². The lowest BCUT2D eigenvalue weighted by Crippen LogP contribution is -2.13. The van der Waals surface area contributed by atoms with E-state index in [2.05, 4.69) is 16.0 Å². The first kappa shape index (κ1) is 8.68. The normalized spacial score (nSPS) is 13.2. The van der Waals surface area contributed by atoms with Crippen LogP contribution in [0.15, 0.2) is 36.7 Å². The molecule has 2 nitrogen and oxygen atoms in total. The summed E-state index contributed by atoms with van der Waals surface area (Å²) in [7, 11) is 0. The van der Waals surface area contributed by atoms with E-state index >= 15 is 0 Å². The lowest BCUT2D eigenvalue weighted by molar-refractivity contribution is 1.12. The van der Waals surface area contributed by atoms with Gasteiger partial charge in [-0.3, -0.25) is 9.97 Å². The van der Waals surface area contributed by atoms with Crippen molar-refractivity contribution < 1.29 is 0 Å². The highest BCUT2D eigenvalue weighted by atomic mass is 32.1. The molecule has 2 aromatic rings. The number of pyridine rings is 2. The molecule has 3 heteroatoms. The monoisotopic (exact) mass is 212 g/mol. The van der Waals surface area contributed by atoms with Crippen LogP contribution in [-0.4, -0.2) is 14.8 Å². The Labute approximate surface area is 93.0 Å². The maximum Gasteiger partial charge on any atom is 0.0803 e. The van der Waals surface area contributed by atoms with E-state index in [0.717, 1.165) is 33.8 Å². The van der Waals surface area contributed by atoms with Crippen LogP contribution >= 0.6 is 12.2 Å². The number of nitrogens with zero attached hydrogens (tertiary/aromatic N) is 2. The van der Waals surface area contributed by atoms with Crippen molar-refractivity contribution >= 4 is 17.1 Å². The van der Waals surface area contributed by atoms with E-state index < -0.39 is 0 Å². The number of hydrogen-bond donors (Lipinski definition) is 0. The molecule has 0 fully saturated rings. The van der Waals surface area contributed by atoms with Crippen LogP contribution in [-0.2, 0) is 6.42 Å². The second-order valence-corrected chi connectivity index (χ2v) is 3.99. The molecule has 0 atom stereocenters. The van der Waals surface area contributed by atoms with E-state index in [4.69, 9.17) is 12.2 Å². The molecule has 0 saturated heterocycles. The fraction of sp³-hybridized carbons (Fsp3) is 0.0833. The molecule has 2 aromatic heterocycles. The number of hydrogen-bond acceptors (Lipinski definition) is 3. The molecule has 15 heavy (non-hydrogen) atoms. The minimum atomic E-state index is 0.754. The lowest BCUT2D eigenvalue weighted by atomic mass is 9.92. The molecule has 0 saturated carbocycles. The van der Waals surface area contributed by atoms with Crippen LogP contribution in [0.5, 0.6) is 0 Å². The minimum Gasteiger partial charge on any atom is -0.260 e. The minimum absolute atomic E-state index is 0.754. The van der Waals surface area contributed by atoms with Crippen molar-refractivity contribution in [3.8, 4) is 11.3 Å². The summed E-state index contributed by atoms with van der Waals surface area (Å²) in [6.07, 6.45) is 4.35. The van der Waals surface area contributed by atoms with Crippen molar-refractivity contribution in [3.63, 3.8) is 0 Å². The second kappa shape index (κ2) is 3.21. The number of thiocarbonyl (C=S) groups is 1. The van der Waals surface area contributed by atoms with Crippen LogP contribution in [0, 0.1) is 0 Å². The van der Waals surface area contributed by atoms with Gasteiger partial charge in [0.15, 0.2) is 0 Å². The predicted octanol–water partition coefficient (Wildman–Crippen LogP) is 2.42. The Morgan fingerprint density at radius 1 is 1.00 bits per heavy atom. The molecule has 3 rings (SSSR count). The van der Waals surface area contributed by atoms with Crippen molar-refractivity contribution in [2.24, 2.45) is 0 Å². The van der Waals surface area contributed by atoms with Crippen LogP contribution in [0.2, 0.25) is 0 Å². The fourth-order valence-corrected chi connectivity index (χ4v) is 2.19. The Hall–Kier alpha value is -1.61. The molecule has 0 spiro atoms. The maximum atomic E-state index is 5.36. The highest BCUT2D eigenvalue weighted by molar-refractivity contribution is 7.80. The summed E-state index contributed by atoms with van der Waals surface area (Å²) in [6.45, 7) is 0. The summed E-state index contributed by atoms with van der Waals surface area (Å²) >= 11 is 5.36. The van der Waals surface area contributed by atoms with Gasteiger partial charge in [0.25, 0.3) is 0 Å². The Kier molecular flexibility index (Phi) is 1.86.